The Kier molecular flexibility index (Phi) is 8.08. The van der Waals surface area contributed by atoms with Crippen LogP contribution in [-0.2, 0) is 9.47 Å². The van der Waals surface area contributed by atoms with Crippen LogP contribution >= 0.6 is 15.9 Å². The molecule has 1 aromatic rings. The highest BCUT2D eigenvalue weighted by Crippen LogP contribution is 2.19. The Bertz CT molecular complexity index is 565. The summed E-state index contributed by atoms with van der Waals surface area (Å²) in [6.07, 6.45) is 3.77. The molecule has 2 atom stereocenters. The highest BCUT2D eigenvalue weighted by molar-refractivity contribution is 9.10. The van der Waals surface area contributed by atoms with Crippen molar-refractivity contribution in [1.29, 1.82) is 0 Å². The standard InChI is InChI=1S/C17H26BrN3O4/c1-11(22)15(21-13-4-7-25-8-5-13)3-6-19-16-14(17(23)24-2)9-12(18)10-20-16/h9-11,13,15,21-22H,3-8H2,1-2H3,(H,19,20). The number of methoxy groups -OCH3 is 1. The molecule has 0 radical (unpaired) electrons. The third-order valence-corrected chi connectivity index (χ3v) is 4.69. The van der Waals surface area contributed by atoms with Crippen molar-refractivity contribution >= 4 is 27.7 Å². The van der Waals surface area contributed by atoms with Gasteiger partial charge in [-0.15, -0.1) is 0 Å². The summed E-state index contributed by atoms with van der Waals surface area (Å²) in [7, 11) is 1.34. The van der Waals surface area contributed by atoms with Crippen LogP contribution in [0.15, 0.2) is 16.7 Å². The molecule has 0 aromatic carbocycles. The molecule has 8 heteroatoms. The fourth-order valence-electron chi connectivity index (χ4n) is 2.82. The molecule has 1 aliphatic heterocycles. The smallest absolute Gasteiger partial charge is 0.341 e. The van der Waals surface area contributed by atoms with Gasteiger partial charge in [-0.25, -0.2) is 9.78 Å². The predicted molar refractivity (Wildman–Crippen MR) is 98.8 cm³/mol. The fraction of sp³-hybridized carbons (Fsp3) is 0.647. The largest absolute Gasteiger partial charge is 0.465 e. The van der Waals surface area contributed by atoms with E-state index in [0.717, 1.165) is 26.1 Å². The fourth-order valence-corrected chi connectivity index (χ4v) is 3.15. The molecule has 2 heterocycles. The summed E-state index contributed by atoms with van der Waals surface area (Å²) in [5, 5.41) is 16.7. The highest BCUT2D eigenvalue weighted by Gasteiger charge is 2.21. The summed E-state index contributed by atoms with van der Waals surface area (Å²) < 4.78 is 10.9. The predicted octanol–water partition coefficient (Wildman–Crippen LogP) is 1.95. The summed E-state index contributed by atoms with van der Waals surface area (Å²) in [6, 6.07) is 2.01. The van der Waals surface area contributed by atoms with Crippen molar-refractivity contribution in [3.05, 3.63) is 22.3 Å². The maximum Gasteiger partial charge on any atom is 0.341 e. The Morgan fingerprint density at radius 3 is 2.88 bits per heavy atom. The van der Waals surface area contributed by atoms with Crippen LogP contribution in [0.3, 0.4) is 0 Å². The first-order chi connectivity index (χ1) is 12.0. The molecule has 0 spiro atoms. The molecule has 25 heavy (non-hydrogen) atoms. The number of aromatic nitrogens is 1. The van der Waals surface area contributed by atoms with Crippen LogP contribution in [0, 0.1) is 0 Å². The molecule has 7 nitrogen and oxygen atoms in total. The van der Waals surface area contributed by atoms with E-state index in [-0.39, 0.29) is 6.04 Å². The number of rotatable bonds is 8. The summed E-state index contributed by atoms with van der Waals surface area (Å²) in [5.74, 6) is 0.0363. The summed E-state index contributed by atoms with van der Waals surface area (Å²) in [4.78, 5) is 16.1. The molecular weight excluding hydrogens is 390 g/mol. The second-order valence-electron chi connectivity index (χ2n) is 6.16. The maximum atomic E-state index is 11.9. The second kappa shape index (κ2) is 10.1. The zero-order valence-electron chi connectivity index (χ0n) is 14.6. The lowest BCUT2D eigenvalue weighted by molar-refractivity contribution is 0.0601. The Morgan fingerprint density at radius 1 is 1.52 bits per heavy atom. The zero-order chi connectivity index (χ0) is 18.2. The van der Waals surface area contributed by atoms with E-state index >= 15 is 0 Å². The lowest BCUT2D eigenvalue weighted by Crippen LogP contribution is -2.47. The van der Waals surface area contributed by atoms with Crippen LogP contribution in [0.4, 0.5) is 5.82 Å². The number of ether oxygens (including phenoxy) is 2. The van der Waals surface area contributed by atoms with Gasteiger partial charge in [0, 0.05) is 42.5 Å². The molecule has 1 aliphatic rings. The van der Waals surface area contributed by atoms with Gasteiger partial charge in [-0.05, 0) is 48.2 Å². The number of pyridine rings is 1. The lowest BCUT2D eigenvalue weighted by Gasteiger charge is -2.30. The van der Waals surface area contributed by atoms with E-state index < -0.39 is 12.1 Å². The first kappa shape index (κ1) is 20.1. The van der Waals surface area contributed by atoms with Crippen LogP contribution in [0.5, 0.6) is 0 Å². The van der Waals surface area contributed by atoms with Gasteiger partial charge in [0.2, 0.25) is 0 Å². The Hall–Kier alpha value is -1.22. The number of nitrogens with one attached hydrogen (secondary N) is 2. The average Bonchev–Trinajstić information content (AvgIpc) is 2.62. The molecule has 140 valence electrons. The van der Waals surface area contributed by atoms with Crippen molar-refractivity contribution in [2.24, 2.45) is 0 Å². The lowest BCUT2D eigenvalue weighted by atomic mass is 10.0. The molecule has 1 saturated heterocycles. The number of esters is 1. The van der Waals surface area contributed by atoms with Crippen LogP contribution in [-0.4, -0.2) is 61.1 Å². The summed E-state index contributed by atoms with van der Waals surface area (Å²) in [6.45, 7) is 3.88. The van der Waals surface area contributed by atoms with Crippen LogP contribution in [0.2, 0.25) is 0 Å². The van der Waals surface area contributed by atoms with E-state index in [2.05, 4.69) is 31.5 Å². The van der Waals surface area contributed by atoms with Crippen molar-refractivity contribution in [3.8, 4) is 0 Å². The van der Waals surface area contributed by atoms with Gasteiger partial charge in [0.25, 0.3) is 0 Å². The Morgan fingerprint density at radius 2 is 2.24 bits per heavy atom. The van der Waals surface area contributed by atoms with E-state index in [1.165, 1.54) is 7.11 Å². The number of carbonyl (C=O) groups excluding carboxylic acids is 1. The molecule has 3 N–H and O–H groups in total. The Balaban J connectivity index is 1.92. The van der Waals surface area contributed by atoms with Gasteiger partial charge < -0.3 is 25.2 Å². The number of carbonyl (C=O) groups is 1. The first-order valence-corrected chi connectivity index (χ1v) is 9.30. The van der Waals surface area contributed by atoms with Crippen molar-refractivity contribution < 1.29 is 19.4 Å². The van der Waals surface area contributed by atoms with E-state index in [9.17, 15) is 9.90 Å². The number of nitrogens with zero attached hydrogens (tertiary/aromatic N) is 1. The second-order valence-corrected chi connectivity index (χ2v) is 7.07. The third kappa shape index (κ3) is 6.22. The minimum Gasteiger partial charge on any atom is -0.465 e. The molecule has 1 aromatic heterocycles. The van der Waals surface area contributed by atoms with Gasteiger partial charge in [0.15, 0.2) is 0 Å². The van der Waals surface area contributed by atoms with Crippen LogP contribution < -0.4 is 10.6 Å². The van der Waals surface area contributed by atoms with Crippen molar-refractivity contribution in [3.63, 3.8) is 0 Å². The van der Waals surface area contributed by atoms with E-state index in [0.29, 0.717) is 34.9 Å². The number of hydrogen-bond acceptors (Lipinski definition) is 7. The molecule has 0 amide bonds. The normalized spacial score (nSPS) is 17.8. The number of aliphatic hydroxyl groups is 1. The molecule has 1 fully saturated rings. The molecule has 2 rings (SSSR count). The number of halogens is 1. The van der Waals surface area contributed by atoms with E-state index in [4.69, 9.17) is 9.47 Å². The topological polar surface area (TPSA) is 92.7 Å². The van der Waals surface area contributed by atoms with E-state index in [1.54, 1.807) is 19.2 Å². The molecule has 0 aliphatic carbocycles. The average molecular weight is 416 g/mol. The highest BCUT2D eigenvalue weighted by atomic mass is 79.9. The van der Waals surface area contributed by atoms with Crippen molar-refractivity contribution in [1.82, 2.24) is 10.3 Å². The maximum absolute atomic E-state index is 11.9. The van der Waals surface area contributed by atoms with Gasteiger partial charge in [-0.3, -0.25) is 0 Å². The monoisotopic (exact) mass is 415 g/mol. The van der Waals surface area contributed by atoms with E-state index in [1.807, 2.05) is 0 Å². The Labute approximate surface area is 156 Å². The van der Waals surface area contributed by atoms with Crippen molar-refractivity contribution in [2.75, 3.05) is 32.2 Å². The van der Waals surface area contributed by atoms with Crippen LogP contribution in [0.25, 0.3) is 0 Å². The molecule has 2 unspecified atom stereocenters. The minimum atomic E-state index is -0.470. The molecular formula is C17H26BrN3O4. The van der Waals surface area contributed by atoms with Gasteiger partial charge >= 0.3 is 5.97 Å². The van der Waals surface area contributed by atoms with Crippen LogP contribution in [0.1, 0.15) is 36.5 Å². The van der Waals surface area contributed by atoms with Gasteiger partial charge in [0.1, 0.15) is 11.4 Å². The zero-order valence-corrected chi connectivity index (χ0v) is 16.2. The van der Waals surface area contributed by atoms with Gasteiger partial charge in [-0.2, -0.15) is 0 Å². The van der Waals surface area contributed by atoms with Gasteiger partial charge in [-0.1, -0.05) is 0 Å². The number of anilines is 1. The molecule has 0 bridgehead atoms. The minimum absolute atomic E-state index is 0.0346. The molecule has 0 saturated carbocycles. The first-order valence-electron chi connectivity index (χ1n) is 8.51. The number of aliphatic hydroxyl groups excluding tert-OH is 1. The number of hydrogen-bond donors (Lipinski definition) is 3. The van der Waals surface area contributed by atoms with Crippen molar-refractivity contribution in [2.45, 2.75) is 44.4 Å². The quantitative estimate of drug-likeness (QED) is 0.558. The SMILES string of the molecule is COC(=O)c1cc(Br)cnc1NCCC(NC1CCOCC1)C(C)O. The van der Waals surface area contributed by atoms with Gasteiger partial charge in [0.05, 0.1) is 13.2 Å². The summed E-state index contributed by atoms with van der Waals surface area (Å²) in [5.41, 5.74) is 0.378. The third-order valence-electron chi connectivity index (χ3n) is 4.26. The summed E-state index contributed by atoms with van der Waals surface area (Å²) >= 11 is 3.31.